The molecule has 0 amide bonds. The summed E-state index contributed by atoms with van der Waals surface area (Å²) in [5.41, 5.74) is 2.54. The Morgan fingerprint density at radius 1 is 0.909 bits per heavy atom. The molecular weight excluding hydrogens is 438 g/mol. The van der Waals surface area contributed by atoms with Gasteiger partial charge in [0.25, 0.3) is 0 Å². The summed E-state index contributed by atoms with van der Waals surface area (Å²) in [6, 6.07) is 24.8. The molecular formula is C27H24ClNO4. The van der Waals surface area contributed by atoms with E-state index in [0.29, 0.717) is 28.9 Å². The predicted molar refractivity (Wildman–Crippen MR) is 129 cm³/mol. The first kappa shape index (κ1) is 22.6. The number of nitrogens with zero attached hydrogens (tertiary/aromatic N) is 1. The fraction of sp³-hybridized carbons (Fsp3) is 0.185. The first-order chi connectivity index (χ1) is 16.0. The maximum atomic E-state index is 11.6. The first-order valence-corrected chi connectivity index (χ1v) is 11.0. The van der Waals surface area contributed by atoms with Gasteiger partial charge in [0.1, 0.15) is 30.5 Å². The molecule has 3 aromatic carbocycles. The molecule has 168 valence electrons. The Labute approximate surface area is 197 Å². The van der Waals surface area contributed by atoms with Crippen LogP contribution >= 0.6 is 11.6 Å². The summed E-state index contributed by atoms with van der Waals surface area (Å²) in [6.07, 6.45) is -0.593. The monoisotopic (exact) mass is 461 g/mol. The molecule has 1 atom stereocenters. The summed E-state index contributed by atoms with van der Waals surface area (Å²) in [5, 5.41) is 1.53. The molecule has 1 heterocycles. The lowest BCUT2D eigenvalue weighted by molar-refractivity contribution is -0.122. The zero-order chi connectivity index (χ0) is 23.2. The molecule has 6 heteroatoms. The topological polar surface area (TPSA) is 57.7 Å². The standard InChI is InChI=1S/C27H24ClNO4/c1-18(30)19(2)33-27-21(8-5-11-25(27)28)16-31-23-9-6-10-24(15-23)32-17-22-14-13-20-7-3-4-12-26(20)29-22/h3-15,19H,16-17H2,1-2H3. The first-order valence-electron chi connectivity index (χ1n) is 10.6. The van der Waals surface area contributed by atoms with Crippen LogP contribution < -0.4 is 14.2 Å². The molecule has 0 spiro atoms. The number of pyridine rings is 1. The van der Waals surface area contributed by atoms with Crippen molar-refractivity contribution in [3.8, 4) is 17.2 Å². The van der Waals surface area contributed by atoms with Gasteiger partial charge in [-0.25, -0.2) is 4.98 Å². The van der Waals surface area contributed by atoms with Crippen LogP contribution in [0, 0.1) is 0 Å². The number of ketones is 1. The third kappa shape index (κ3) is 5.82. The number of fused-ring (bicyclic) bond motifs is 1. The van der Waals surface area contributed by atoms with Gasteiger partial charge in [-0.3, -0.25) is 4.79 Å². The zero-order valence-electron chi connectivity index (χ0n) is 18.5. The fourth-order valence-electron chi connectivity index (χ4n) is 3.22. The molecule has 1 aromatic heterocycles. The van der Waals surface area contributed by atoms with Gasteiger partial charge in [-0.15, -0.1) is 0 Å². The number of rotatable bonds is 9. The van der Waals surface area contributed by atoms with Gasteiger partial charge in [0.05, 0.1) is 16.2 Å². The van der Waals surface area contributed by atoms with Crippen molar-refractivity contribution in [1.82, 2.24) is 4.98 Å². The van der Waals surface area contributed by atoms with Gasteiger partial charge >= 0.3 is 0 Å². The number of ether oxygens (including phenoxy) is 3. The highest BCUT2D eigenvalue weighted by atomic mass is 35.5. The second kappa shape index (κ2) is 10.4. The summed E-state index contributed by atoms with van der Waals surface area (Å²) in [5.74, 6) is 1.70. The second-order valence-electron chi connectivity index (χ2n) is 7.65. The molecule has 33 heavy (non-hydrogen) atoms. The Morgan fingerprint density at radius 2 is 1.64 bits per heavy atom. The van der Waals surface area contributed by atoms with Crippen LogP contribution in [-0.2, 0) is 18.0 Å². The number of carbonyl (C=O) groups is 1. The van der Waals surface area contributed by atoms with Crippen LogP contribution in [0.1, 0.15) is 25.1 Å². The van der Waals surface area contributed by atoms with Crippen molar-refractivity contribution >= 4 is 28.3 Å². The van der Waals surface area contributed by atoms with Crippen molar-refractivity contribution in [2.75, 3.05) is 0 Å². The average molecular weight is 462 g/mol. The van der Waals surface area contributed by atoms with Crippen molar-refractivity contribution in [3.63, 3.8) is 0 Å². The molecule has 0 N–H and O–H groups in total. The summed E-state index contributed by atoms with van der Waals surface area (Å²) >= 11 is 6.30. The van der Waals surface area contributed by atoms with E-state index < -0.39 is 6.10 Å². The molecule has 4 rings (SSSR count). The van der Waals surface area contributed by atoms with E-state index in [1.807, 2.05) is 72.8 Å². The predicted octanol–water partition coefficient (Wildman–Crippen LogP) is 6.40. The van der Waals surface area contributed by atoms with E-state index in [9.17, 15) is 4.79 Å². The van der Waals surface area contributed by atoms with E-state index >= 15 is 0 Å². The molecule has 5 nitrogen and oxygen atoms in total. The zero-order valence-corrected chi connectivity index (χ0v) is 19.2. The number of carbonyl (C=O) groups excluding carboxylic acids is 1. The minimum Gasteiger partial charge on any atom is -0.489 e. The molecule has 0 saturated carbocycles. The SMILES string of the molecule is CC(=O)C(C)Oc1c(Cl)cccc1COc1cccc(OCc2ccc3ccccc3n2)c1. The van der Waals surface area contributed by atoms with Gasteiger partial charge in [0.2, 0.25) is 0 Å². The summed E-state index contributed by atoms with van der Waals surface area (Å²) < 4.78 is 17.7. The average Bonchev–Trinajstić information content (AvgIpc) is 2.83. The van der Waals surface area contributed by atoms with Crippen molar-refractivity contribution < 1.29 is 19.0 Å². The van der Waals surface area contributed by atoms with Gasteiger partial charge in [0, 0.05) is 17.0 Å². The van der Waals surface area contributed by atoms with E-state index in [1.54, 1.807) is 13.0 Å². The number of Topliss-reactive ketones (excluding diaryl/α,β-unsaturated/α-hetero) is 1. The minimum absolute atomic E-state index is 0.0764. The molecule has 0 aliphatic rings. The van der Waals surface area contributed by atoms with Crippen LogP contribution in [0.25, 0.3) is 10.9 Å². The Hall–Kier alpha value is -3.57. The number of hydrogen-bond donors (Lipinski definition) is 0. The molecule has 0 aliphatic carbocycles. The van der Waals surface area contributed by atoms with E-state index in [1.165, 1.54) is 6.92 Å². The van der Waals surface area contributed by atoms with Crippen molar-refractivity contribution in [2.45, 2.75) is 33.2 Å². The van der Waals surface area contributed by atoms with Gasteiger partial charge in [-0.2, -0.15) is 0 Å². The number of aromatic nitrogens is 1. The fourth-order valence-corrected chi connectivity index (χ4v) is 3.46. The van der Waals surface area contributed by atoms with Gasteiger partial charge in [-0.05, 0) is 44.2 Å². The molecule has 1 unspecified atom stereocenters. The highest BCUT2D eigenvalue weighted by Crippen LogP contribution is 2.31. The molecule has 0 fully saturated rings. The quantitative estimate of drug-likeness (QED) is 0.288. The second-order valence-corrected chi connectivity index (χ2v) is 8.05. The van der Waals surface area contributed by atoms with Crippen LogP contribution in [-0.4, -0.2) is 16.9 Å². The van der Waals surface area contributed by atoms with Crippen molar-refractivity contribution in [3.05, 3.63) is 95.1 Å². The van der Waals surface area contributed by atoms with Gasteiger partial charge in [-0.1, -0.05) is 54.1 Å². The summed E-state index contributed by atoms with van der Waals surface area (Å²) in [4.78, 5) is 16.2. The van der Waals surface area contributed by atoms with Gasteiger partial charge in [0.15, 0.2) is 11.9 Å². The molecule has 0 saturated heterocycles. The lowest BCUT2D eigenvalue weighted by Gasteiger charge is -2.17. The van der Waals surface area contributed by atoms with Crippen molar-refractivity contribution in [1.29, 1.82) is 0 Å². The smallest absolute Gasteiger partial charge is 0.169 e. The Morgan fingerprint density at radius 3 is 2.42 bits per heavy atom. The van der Waals surface area contributed by atoms with Crippen molar-refractivity contribution in [2.24, 2.45) is 0 Å². The van der Waals surface area contributed by atoms with Crippen LogP contribution in [0.2, 0.25) is 5.02 Å². The Bertz CT molecular complexity index is 1270. The highest BCUT2D eigenvalue weighted by molar-refractivity contribution is 6.32. The van der Waals surface area contributed by atoms with Crippen LogP contribution in [0.3, 0.4) is 0 Å². The number of halogens is 1. The Balaban J connectivity index is 1.41. The van der Waals surface area contributed by atoms with E-state index in [2.05, 4.69) is 4.98 Å². The summed E-state index contributed by atoms with van der Waals surface area (Å²) in [7, 11) is 0. The van der Waals surface area contributed by atoms with Crippen LogP contribution in [0.5, 0.6) is 17.2 Å². The summed E-state index contributed by atoms with van der Waals surface area (Å²) in [6.45, 7) is 3.76. The lowest BCUT2D eigenvalue weighted by atomic mass is 10.2. The molecule has 4 aromatic rings. The van der Waals surface area contributed by atoms with Crippen LogP contribution in [0.15, 0.2) is 78.9 Å². The number of benzene rings is 3. The normalized spacial score (nSPS) is 11.7. The third-order valence-electron chi connectivity index (χ3n) is 5.16. The maximum absolute atomic E-state index is 11.6. The molecule has 0 bridgehead atoms. The van der Waals surface area contributed by atoms with E-state index in [0.717, 1.165) is 22.2 Å². The maximum Gasteiger partial charge on any atom is 0.169 e. The number of para-hydroxylation sites is 2. The lowest BCUT2D eigenvalue weighted by Crippen LogP contribution is -2.21. The minimum atomic E-state index is -0.593. The number of hydrogen-bond acceptors (Lipinski definition) is 5. The van der Waals surface area contributed by atoms with Gasteiger partial charge < -0.3 is 14.2 Å². The largest absolute Gasteiger partial charge is 0.489 e. The Kier molecular flexibility index (Phi) is 7.10. The van der Waals surface area contributed by atoms with E-state index in [-0.39, 0.29) is 12.4 Å². The highest BCUT2D eigenvalue weighted by Gasteiger charge is 2.15. The van der Waals surface area contributed by atoms with Crippen LogP contribution in [0.4, 0.5) is 0 Å². The third-order valence-corrected chi connectivity index (χ3v) is 5.46. The molecule has 0 aliphatic heterocycles. The van der Waals surface area contributed by atoms with E-state index in [4.69, 9.17) is 25.8 Å². The molecule has 0 radical (unpaired) electrons.